The first kappa shape index (κ1) is 19.9. The Morgan fingerprint density at radius 2 is 2.03 bits per heavy atom. The van der Waals surface area contributed by atoms with Gasteiger partial charge in [0.15, 0.2) is 0 Å². The monoisotopic (exact) mass is 439 g/mol. The molecule has 0 bridgehead atoms. The topological polar surface area (TPSA) is 105 Å². The van der Waals surface area contributed by atoms with Crippen LogP contribution in [0.25, 0.3) is 11.4 Å². The number of benzene rings is 1. The van der Waals surface area contributed by atoms with Gasteiger partial charge in [-0.3, -0.25) is 14.7 Å². The molecule has 2 aromatic heterocycles. The first-order chi connectivity index (χ1) is 15.1. The fourth-order valence-electron chi connectivity index (χ4n) is 4.64. The summed E-state index contributed by atoms with van der Waals surface area (Å²) in [4.78, 5) is 31.8. The minimum atomic E-state index is -0.260. The van der Waals surface area contributed by atoms with Crippen LogP contribution in [0.3, 0.4) is 0 Å². The number of rotatable bonds is 5. The summed E-state index contributed by atoms with van der Waals surface area (Å²) in [6.07, 6.45) is 6.83. The number of anilines is 1. The highest BCUT2D eigenvalue weighted by atomic mass is 35.5. The average Bonchev–Trinajstić information content (AvgIpc) is 3.54. The van der Waals surface area contributed by atoms with Crippen molar-refractivity contribution in [1.82, 2.24) is 20.3 Å². The van der Waals surface area contributed by atoms with Crippen LogP contribution in [0.5, 0.6) is 0 Å². The number of amides is 1. The zero-order valence-electron chi connectivity index (χ0n) is 16.8. The standard InChI is InChI=1S/C22H22ClN5O3/c23-17-2-1-3-18(9-17)28-12-15(8-19(28)29)20(30)13-4-6-14(7-5-13)22-26-21(27-31-22)16-10-24-25-11-16/h1-3,9-11,13-15H,4-8,12H2,(H,24,25). The van der Waals surface area contributed by atoms with Gasteiger partial charge >= 0.3 is 0 Å². The molecule has 8 nitrogen and oxygen atoms in total. The van der Waals surface area contributed by atoms with E-state index < -0.39 is 0 Å². The molecule has 2 fully saturated rings. The van der Waals surface area contributed by atoms with E-state index in [4.69, 9.17) is 16.1 Å². The van der Waals surface area contributed by atoms with Crippen LogP contribution in [0.1, 0.15) is 43.9 Å². The maximum atomic E-state index is 13.1. The fourth-order valence-corrected chi connectivity index (χ4v) is 4.83. The van der Waals surface area contributed by atoms with Gasteiger partial charge in [0.1, 0.15) is 5.78 Å². The molecule has 0 radical (unpaired) electrons. The Kier molecular flexibility index (Phi) is 5.31. The van der Waals surface area contributed by atoms with Crippen molar-refractivity contribution in [2.45, 2.75) is 38.0 Å². The number of hydrogen-bond donors (Lipinski definition) is 1. The van der Waals surface area contributed by atoms with E-state index in [0.717, 1.165) is 36.9 Å². The van der Waals surface area contributed by atoms with Crippen LogP contribution >= 0.6 is 11.6 Å². The van der Waals surface area contributed by atoms with Crippen molar-refractivity contribution in [2.75, 3.05) is 11.4 Å². The van der Waals surface area contributed by atoms with Crippen LogP contribution < -0.4 is 4.90 Å². The van der Waals surface area contributed by atoms with Crippen LogP contribution in [-0.4, -0.2) is 38.6 Å². The van der Waals surface area contributed by atoms with Crippen LogP contribution in [0.4, 0.5) is 5.69 Å². The Morgan fingerprint density at radius 3 is 2.77 bits per heavy atom. The molecule has 1 amide bonds. The van der Waals surface area contributed by atoms with Gasteiger partial charge in [-0.05, 0) is 43.9 Å². The fraction of sp³-hybridized carbons (Fsp3) is 0.409. The molecule has 1 aliphatic heterocycles. The number of carbonyl (C=O) groups is 2. The van der Waals surface area contributed by atoms with Crippen molar-refractivity contribution < 1.29 is 14.1 Å². The molecule has 1 saturated heterocycles. The van der Waals surface area contributed by atoms with Crippen LogP contribution in [0.15, 0.2) is 41.2 Å². The predicted octanol–water partition coefficient (Wildman–Crippen LogP) is 4.01. The maximum absolute atomic E-state index is 13.1. The van der Waals surface area contributed by atoms with E-state index in [9.17, 15) is 9.59 Å². The van der Waals surface area contributed by atoms with E-state index >= 15 is 0 Å². The van der Waals surface area contributed by atoms with Crippen molar-refractivity contribution in [3.8, 4) is 11.4 Å². The summed E-state index contributed by atoms with van der Waals surface area (Å²) < 4.78 is 5.46. The van der Waals surface area contributed by atoms with Crippen molar-refractivity contribution in [1.29, 1.82) is 0 Å². The summed E-state index contributed by atoms with van der Waals surface area (Å²) >= 11 is 6.06. The molecule has 160 valence electrons. The number of ketones is 1. The highest BCUT2D eigenvalue weighted by molar-refractivity contribution is 6.31. The summed E-state index contributed by atoms with van der Waals surface area (Å²) in [6, 6.07) is 7.20. The molecule has 0 spiro atoms. The van der Waals surface area contributed by atoms with Gasteiger partial charge in [0.2, 0.25) is 17.6 Å². The minimum Gasteiger partial charge on any atom is -0.339 e. The Hall–Kier alpha value is -3.00. The number of aromatic nitrogens is 4. The lowest BCUT2D eigenvalue weighted by Crippen LogP contribution is -2.30. The second-order valence-corrected chi connectivity index (χ2v) is 8.72. The molecular formula is C22H22ClN5O3. The van der Waals surface area contributed by atoms with E-state index in [1.807, 2.05) is 12.1 Å². The van der Waals surface area contributed by atoms with Crippen molar-refractivity contribution in [3.63, 3.8) is 0 Å². The van der Waals surface area contributed by atoms with E-state index in [1.54, 1.807) is 29.4 Å². The highest BCUT2D eigenvalue weighted by Crippen LogP contribution is 2.38. The van der Waals surface area contributed by atoms with Crippen molar-refractivity contribution in [3.05, 3.63) is 47.6 Å². The smallest absolute Gasteiger partial charge is 0.230 e. The molecule has 1 aromatic carbocycles. The molecular weight excluding hydrogens is 418 g/mol. The molecule has 1 unspecified atom stereocenters. The predicted molar refractivity (Wildman–Crippen MR) is 113 cm³/mol. The molecule has 1 saturated carbocycles. The Bertz CT molecular complexity index is 1090. The molecule has 1 aliphatic carbocycles. The van der Waals surface area contributed by atoms with Gasteiger partial charge in [0.05, 0.1) is 11.8 Å². The zero-order valence-corrected chi connectivity index (χ0v) is 17.6. The number of nitrogens with one attached hydrogen (secondary N) is 1. The molecule has 5 rings (SSSR count). The van der Waals surface area contributed by atoms with Gasteiger partial charge in [0, 0.05) is 47.6 Å². The maximum Gasteiger partial charge on any atom is 0.230 e. The lowest BCUT2D eigenvalue weighted by atomic mass is 9.77. The third-order valence-corrected chi connectivity index (χ3v) is 6.56. The van der Waals surface area contributed by atoms with Crippen LogP contribution in [-0.2, 0) is 9.59 Å². The van der Waals surface area contributed by atoms with Gasteiger partial charge in [-0.2, -0.15) is 10.1 Å². The summed E-state index contributed by atoms with van der Waals surface area (Å²) in [5.74, 6) is 1.19. The van der Waals surface area contributed by atoms with E-state index in [2.05, 4.69) is 20.3 Å². The van der Waals surface area contributed by atoms with Gasteiger partial charge in [-0.1, -0.05) is 22.8 Å². The number of carbonyl (C=O) groups excluding carboxylic acids is 2. The van der Waals surface area contributed by atoms with Gasteiger partial charge in [0.25, 0.3) is 0 Å². The normalized spacial score (nSPS) is 24.0. The zero-order chi connectivity index (χ0) is 21.4. The van der Waals surface area contributed by atoms with Crippen molar-refractivity contribution in [2.24, 2.45) is 11.8 Å². The van der Waals surface area contributed by atoms with E-state index in [1.165, 1.54) is 0 Å². The molecule has 3 heterocycles. The number of nitrogens with zero attached hydrogens (tertiary/aromatic N) is 4. The van der Waals surface area contributed by atoms with E-state index in [0.29, 0.717) is 23.3 Å². The molecule has 3 aromatic rings. The second kappa shape index (κ2) is 8.26. The Morgan fingerprint density at radius 1 is 1.19 bits per heavy atom. The second-order valence-electron chi connectivity index (χ2n) is 8.28. The number of Topliss-reactive ketones (excluding diaryl/α,β-unsaturated/α-hetero) is 1. The molecule has 1 N–H and O–H groups in total. The summed E-state index contributed by atoms with van der Waals surface area (Å²) in [5, 5.41) is 11.3. The quantitative estimate of drug-likeness (QED) is 0.644. The molecule has 1 atom stereocenters. The van der Waals surface area contributed by atoms with Crippen LogP contribution in [0.2, 0.25) is 5.02 Å². The third-order valence-electron chi connectivity index (χ3n) is 6.32. The van der Waals surface area contributed by atoms with Crippen LogP contribution in [0, 0.1) is 11.8 Å². The first-order valence-corrected chi connectivity index (χ1v) is 10.9. The number of H-pyrrole nitrogens is 1. The Labute approximate surface area is 184 Å². The largest absolute Gasteiger partial charge is 0.339 e. The van der Waals surface area contributed by atoms with E-state index in [-0.39, 0.29) is 35.9 Å². The van der Waals surface area contributed by atoms with Gasteiger partial charge < -0.3 is 9.42 Å². The summed E-state index contributed by atoms with van der Waals surface area (Å²) in [7, 11) is 0. The molecule has 31 heavy (non-hydrogen) atoms. The minimum absolute atomic E-state index is 0.0214. The first-order valence-electron chi connectivity index (χ1n) is 10.5. The number of halogens is 1. The number of hydrogen-bond acceptors (Lipinski definition) is 6. The van der Waals surface area contributed by atoms with Gasteiger partial charge in [-0.25, -0.2) is 0 Å². The molecule has 9 heteroatoms. The summed E-state index contributed by atoms with van der Waals surface area (Å²) in [5.41, 5.74) is 1.54. The van der Waals surface area contributed by atoms with Gasteiger partial charge in [-0.15, -0.1) is 0 Å². The molecule has 2 aliphatic rings. The SMILES string of the molecule is O=C(C1CCC(c2nc(-c3cn[nH]c3)no2)CC1)C1CC(=O)N(c2cccc(Cl)c2)C1. The average molecular weight is 440 g/mol. The van der Waals surface area contributed by atoms with Crippen molar-refractivity contribution >= 4 is 29.0 Å². The lowest BCUT2D eigenvalue weighted by Gasteiger charge is -2.27. The Balaban J connectivity index is 1.19. The number of aromatic amines is 1. The highest BCUT2D eigenvalue weighted by Gasteiger charge is 2.39. The third kappa shape index (κ3) is 3.99. The lowest BCUT2D eigenvalue weighted by molar-refractivity contribution is -0.128. The summed E-state index contributed by atoms with van der Waals surface area (Å²) in [6.45, 7) is 0.426.